The normalized spacial score (nSPS) is 10.5. The maximum atomic E-state index is 12.6. The first-order chi connectivity index (χ1) is 14.8. The van der Waals surface area contributed by atoms with Crippen LogP contribution < -0.4 is 15.4 Å². The van der Waals surface area contributed by atoms with Crippen LogP contribution in [0.5, 0.6) is 5.75 Å². The number of anilines is 2. The van der Waals surface area contributed by atoms with Crippen LogP contribution in [-0.4, -0.2) is 61.3 Å². The van der Waals surface area contributed by atoms with Gasteiger partial charge in [-0.2, -0.15) is 0 Å². The van der Waals surface area contributed by atoms with Crippen LogP contribution in [0.3, 0.4) is 0 Å². The molecule has 31 heavy (non-hydrogen) atoms. The standard InChI is InChI=1S/C23H30N4O4/c1-5-27(15-22(29)25-20-10-8-19(9-11-20)24-17(2)28)16-23(30)26(3)14-18-6-12-21(31-4)13-7-18/h6-13H,5,14-16H2,1-4H3,(H,24,28)(H,25,29). The molecule has 0 unspecified atom stereocenters. The van der Waals surface area contributed by atoms with E-state index in [1.807, 2.05) is 31.2 Å². The molecule has 0 radical (unpaired) electrons. The predicted molar refractivity (Wildman–Crippen MR) is 121 cm³/mol. The summed E-state index contributed by atoms with van der Waals surface area (Å²) >= 11 is 0. The fraction of sp³-hybridized carbons (Fsp3) is 0.348. The number of ether oxygens (including phenoxy) is 1. The van der Waals surface area contributed by atoms with Gasteiger partial charge in [-0.15, -0.1) is 0 Å². The van der Waals surface area contributed by atoms with Crippen LogP contribution in [0.2, 0.25) is 0 Å². The highest BCUT2D eigenvalue weighted by atomic mass is 16.5. The van der Waals surface area contributed by atoms with Gasteiger partial charge in [0.1, 0.15) is 5.75 Å². The number of nitrogens with one attached hydrogen (secondary N) is 2. The molecule has 0 heterocycles. The molecular formula is C23H30N4O4. The molecule has 0 aliphatic heterocycles. The number of methoxy groups -OCH3 is 1. The Hall–Kier alpha value is -3.39. The lowest BCUT2D eigenvalue weighted by atomic mass is 10.2. The topological polar surface area (TPSA) is 91.0 Å². The minimum atomic E-state index is -0.209. The third kappa shape index (κ3) is 8.10. The molecule has 3 amide bonds. The lowest BCUT2D eigenvalue weighted by Gasteiger charge is -2.23. The zero-order chi connectivity index (χ0) is 22.8. The van der Waals surface area contributed by atoms with E-state index in [-0.39, 0.29) is 30.8 Å². The zero-order valence-electron chi connectivity index (χ0n) is 18.5. The molecule has 0 bridgehead atoms. The quantitative estimate of drug-likeness (QED) is 0.609. The third-order valence-corrected chi connectivity index (χ3v) is 4.67. The van der Waals surface area contributed by atoms with E-state index in [0.29, 0.717) is 24.5 Å². The highest BCUT2D eigenvalue weighted by Crippen LogP contribution is 2.14. The first kappa shape index (κ1) is 23.9. The van der Waals surface area contributed by atoms with Gasteiger partial charge in [0.2, 0.25) is 17.7 Å². The Balaban J connectivity index is 1.84. The predicted octanol–water partition coefficient (Wildman–Crippen LogP) is 2.57. The maximum Gasteiger partial charge on any atom is 0.238 e. The van der Waals surface area contributed by atoms with Crippen LogP contribution in [0, 0.1) is 0 Å². The van der Waals surface area contributed by atoms with Crippen molar-refractivity contribution in [1.29, 1.82) is 0 Å². The van der Waals surface area contributed by atoms with Crippen LogP contribution in [0.4, 0.5) is 11.4 Å². The third-order valence-electron chi connectivity index (χ3n) is 4.67. The minimum absolute atomic E-state index is 0.0647. The summed E-state index contributed by atoms with van der Waals surface area (Å²) in [7, 11) is 3.36. The molecule has 2 rings (SSSR count). The van der Waals surface area contributed by atoms with Crippen molar-refractivity contribution < 1.29 is 19.1 Å². The Morgan fingerprint density at radius 2 is 1.48 bits per heavy atom. The molecule has 0 aliphatic rings. The summed E-state index contributed by atoms with van der Waals surface area (Å²) < 4.78 is 5.15. The monoisotopic (exact) mass is 426 g/mol. The average molecular weight is 427 g/mol. The zero-order valence-corrected chi connectivity index (χ0v) is 18.5. The SMILES string of the molecule is CCN(CC(=O)Nc1ccc(NC(C)=O)cc1)CC(=O)N(C)Cc1ccc(OC)cc1. The van der Waals surface area contributed by atoms with Gasteiger partial charge in [-0.25, -0.2) is 0 Å². The van der Waals surface area contributed by atoms with Gasteiger partial charge < -0.3 is 20.3 Å². The summed E-state index contributed by atoms with van der Waals surface area (Å²) in [5.74, 6) is 0.340. The highest BCUT2D eigenvalue weighted by molar-refractivity contribution is 5.93. The minimum Gasteiger partial charge on any atom is -0.497 e. The van der Waals surface area contributed by atoms with Crippen molar-refractivity contribution in [2.24, 2.45) is 0 Å². The van der Waals surface area contributed by atoms with Crippen molar-refractivity contribution in [2.75, 3.05) is 44.4 Å². The van der Waals surface area contributed by atoms with Crippen LogP contribution in [-0.2, 0) is 20.9 Å². The van der Waals surface area contributed by atoms with E-state index in [1.165, 1.54) is 6.92 Å². The lowest BCUT2D eigenvalue weighted by Crippen LogP contribution is -2.41. The second kappa shape index (κ2) is 11.7. The molecule has 0 saturated heterocycles. The summed E-state index contributed by atoms with van der Waals surface area (Å²) in [5.41, 5.74) is 2.28. The first-order valence-electron chi connectivity index (χ1n) is 10.1. The molecular weight excluding hydrogens is 396 g/mol. The van der Waals surface area contributed by atoms with Crippen LogP contribution >= 0.6 is 0 Å². The molecule has 8 nitrogen and oxygen atoms in total. The summed E-state index contributed by atoms with van der Waals surface area (Å²) in [4.78, 5) is 39.5. The smallest absolute Gasteiger partial charge is 0.238 e. The molecule has 2 aromatic carbocycles. The Bertz CT molecular complexity index is 881. The largest absolute Gasteiger partial charge is 0.497 e. The van der Waals surface area contributed by atoms with Crippen molar-refractivity contribution >= 4 is 29.1 Å². The van der Waals surface area contributed by atoms with Gasteiger partial charge in [0, 0.05) is 31.9 Å². The summed E-state index contributed by atoms with van der Waals surface area (Å²) in [5, 5.41) is 5.48. The van der Waals surface area contributed by atoms with Crippen LogP contribution in [0.15, 0.2) is 48.5 Å². The van der Waals surface area contributed by atoms with Crippen molar-refractivity contribution in [3.8, 4) is 5.75 Å². The van der Waals surface area contributed by atoms with E-state index in [0.717, 1.165) is 11.3 Å². The van der Waals surface area contributed by atoms with E-state index in [4.69, 9.17) is 4.74 Å². The van der Waals surface area contributed by atoms with Gasteiger partial charge in [0.05, 0.1) is 20.2 Å². The van der Waals surface area contributed by atoms with E-state index in [1.54, 1.807) is 48.2 Å². The van der Waals surface area contributed by atoms with Gasteiger partial charge in [0.25, 0.3) is 0 Å². The van der Waals surface area contributed by atoms with Crippen molar-refractivity contribution in [3.63, 3.8) is 0 Å². The van der Waals surface area contributed by atoms with Gasteiger partial charge in [-0.05, 0) is 48.5 Å². The van der Waals surface area contributed by atoms with Gasteiger partial charge in [-0.3, -0.25) is 19.3 Å². The summed E-state index contributed by atoms with van der Waals surface area (Å²) in [6, 6.07) is 14.4. The highest BCUT2D eigenvalue weighted by Gasteiger charge is 2.16. The number of carbonyl (C=O) groups is 3. The van der Waals surface area contributed by atoms with E-state index < -0.39 is 0 Å². The number of amides is 3. The fourth-order valence-electron chi connectivity index (χ4n) is 2.93. The van der Waals surface area contributed by atoms with E-state index in [2.05, 4.69) is 10.6 Å². The Kier molecular flexibility index (Phi) is 9.02. The van der Waals surface area contributed by atoms with Gasteiger partial charge in [0.15, 0.2) is 0 Å². The van der Waals surface area contributed by atoms with Crippen LogP contribution in [0.1, 0.15) is 19.4 Å². The van der Waals surface area contributed by atoms with Crippen molar-refractivity contribution in [1.82, 2.24) is 9.80 Å². The van der Waals surface area contributed by atoms with Crippen molar-refractivity contribution in [2.45, 2.75) is 20.4 Å². The number of benzene rings is 2. The lowest BCUT2D eigenvalue weighted by molar-refractivity contribution is -0.132. The molecule has 0 spiro atoms. The van der Waals surface area contributed by atoms with Gasteiger partial charge in [-0.1, -0.05) is 19.1 Å². The number of nitrogens with zero attached hydrogens (tertiary/aromatic N) is 2. The fourth-order valence-corrected chi connectivity index (χ4v) is 2.93. The number of likely N-dealkylation sites (N-methyl/N-ethyl adjacent to an activating group) is 2. The molecule has 2 N–H and O–H groups in total. The molecule has 0 saturated carbocycles. The maximum absolute atomic E-state index is 12.6. The van der Waals surface area contributed by atoms with Crippen LogP contribution in [0.25, 0.3) is 0 Å². The molecule has 166 valence electrons. The second-order valence-electron chi connectivity index (χ2n) is 7.21. The van der Waals surface area contributed by atoms with E-state index >= 15 is 0 Å². The molecule has 0 aromatic heterocycles. The number of rotatable bonds is 10. The summed E-state index contributed by atoms with van der Waals surface area (Å²) in [6.07, 6.45) is 0. The number of hydrogen-bond donors (Lipinski definition) is 2. The molecule has 8 heteroatoms. The summed E-state index contributed by atoms with van der Waals surface area (Å²) in [6.45, 7) is 4.64. The Labute approximate surface area is 183 Å². The molecule has 0 atom stereocenters. The number of hydrogen-bond acceptors (Lipinski definition) is 5. The molecule has 0 fully saturated rings. The number of carbonyl (C=O) groups excluding carboxylic acids is 3. The van der Waals surface area contributed by atoms with Crippen molar-refractivity contribution in [3.05, 3.63) is 54.1 Å². The van der Waals surface area contributed by atoms with Gasteiger partial charge >= 0.3 is 0 Å². The van der Waals surface area contributed by atoms with E-state index in [9.17, 15) is 14.4 Å². The second-order valence-corrected chi connectivity index (χ2v) is 7.21. The molecule has 2 aromatic rings. The Morgan fingerprint density at radius 1 is 0.903 bits per heavy atom. The average Bonchev–Trinajstić information content (AvgIpc) is 2.74. The first-order valence-corrected chi connectivity index (χ1v) is 10.1. The Morgan fingerprint density at radius 3 is 2.00 bits per heavy atom. The molecule has 0 aliphatic carbocycles.